The molecule has 0 unspecified atom stereocenters. The molecule has 0 aliphatic heterocycles. The number of halogens is 2. The Bertz CT molecular complexity index is 99.1. The lowest BCUT2D eigenvalue weighted by Crippen LogP contribution is -2.26. The van der Waals surface area contributed by atoms with Gasteiger partial charge in [-0.1, -0.05) is 0 Å². The standard InChI is InChI=1S/C8H18F2N2/c1-11-5-3-4-6-12(2)7-8(9)10/h8,11H,3-7H2,1-2H3. The van der Waals surface area contributed by atoms with Crippen molar-refractivity contribution in [3.8, 4) is 0 Å². The van der Waals surface area contributed by atoms with Crippen LogP contribution in [0.15, 0.2) is 0 Å². The maximum absolute atomic E-state index is 11.8. The van der Waals surface area contributed by atoms with Gasteiger partial charge in [-0.3, -0.25) is 0 Å². The van der Waals surface area contributed by atoms with Crippen molar-refractivity contribution in [3.63, 3.8) is 0 Å². The fourth-order valence-corrected chi connectivity index (χ4v) is 1.01. The zero-order valence-electron chi connectivity index (χ0n) is 7.82. The average molecular weight is 180 g/mol. The van der Waals surface area contributed by atoms with Gasteiger partial charge in [0.15, 0.2) is 0 Å². The van der Waals surface area contributed by atoms with Crippen LogP contribution in [0.2, 0.25) is 0 Å². The maximum atomic E-state index is 11.8. The molecular weight excluding hydrogens is 162 g/mol. The van der Waals surface area contributed by atoms with Gasteiger partial charge in [-0.25, -0.2) is 8.78 Å². The van der Waals surface area contributed by atoms with E-state index in [4.69, 9.17) is 0 Å². The van der Waals surface area contributed by atoms with Gasteiger partial charge in [0.05, 0.1) is 6.54 Å². The summed E-state index contributed by atoms with van der Waals surface area (Å²) < 4.78 is 23.6. The highest BCUT2D eigenvalue weighted by Crippen LogP contribution is 1.97. The first-order chi connectivity index (χ1) is 5.66. The molecule has 0 fully saturated rings. The minimum Gasteiger partial charge on any atom is -0.320 e. The molecule has 4 heteroatoms. The molecular formula is C8H18F2N2. The highest BCUT2D eigenvalue weighted by molar-refractivity contribution is 4.53. The minimum atomic E-state index is -2.21. The summed E-state index contributed by atoms with van der Waals surface area (Å²) in [6.45, 7) is 1.61. The molecule has 0 spiro atoms. The van der Waals surface area contributed by atoms with Crippen LogP contribution in [0.4, 0.5) is 8.78 Å². The van der Waals surface area contributed by atoms with Crippen LogP contribution in [0.25, 0.3) is 0 Å². The third kappa shape index (κ3) is 7.88. The molecule has 2 nitrogen and oxygen atoms in total. The molecule has 0 aliphatic carbocycles. The fraction of sp³-hybridized carbons (Fsp3) is 1.00. The quantitative estimate of drug-likeness (QED) is 0.592. The van der Waals surface area contributed by atoms with E-state index in [0.29, 0.717) is 0 Å². The predicted molar refractivity (Wildman–Crippen MR) is 46.7 cm³/mol. The Morgan fingerprint density at radius 1 is 1.33 bits per heavy atom. The van der Waals surface area contributed by atoms with Crippen LogP contribution in [0.1, 0.15) is 12.8 Å². The Morgan fingerprint density at radius 2 is 2.00 bits per heavy atom. The van der Waals surface area contributed by atoms with Crippen molar-refractivity contribution in [2.24, 2.45) is 0 Å². The van der Waals surface area contributed by atoms with Crippen molar-refractivity contribution < 1.29 is 8.78 Å². The van der Waals surface area contributed by atoms with Crippen molar-refractivity contribution in [3.05, 3.63) is 0 Å². The number of rotatable bonds is 7. The molecule has 0 rings (SSSR count). The van der Waals surface area contributed by atoms with Crippen LogP contribution in [-0.4, -0.2) is 45.1 Å². The molecule has 0 aliphatic rings. The van der Waals surface area contributed by atoms with E-state index in [1.165, 1.54) is 0 Å². The Morgan fingerprint density at radius 3 is 2.50 bits per heavy atom. The number of unbranched alkanes of at least 4 members (excludes halogenated alkanes) is 1. The van der Waals surface area contributed by atoms with Gasteiger partial charge >= 0.3 is 0 Å². The summed E-state index contributed by atoms with van der Waals surface area (Å²) in [6, 6.07) is 0. The van der Waals surface area contributed by atoms with Gasteiger partial charge in [0.2, 0.25) is 0 Å². The van der Waals surface area contributed by atoms with Crippen LogP contribution in [0.5, 0.6) is 0 Å². The first-order valence-electron chi connectivity index (χ1n) is 4.28. The van der Waals surface area contributed by atoms with E-state index in [1.54, 1.807) is 11.9 Å². The zero-order valence-corrected chi connectivity index (χ0v) is 7.82. The van der Waals surface area contributed by atoms with E-state index in [1.807, 2.05) is 7.05 Å². The van der Waals surface area contributed by atoms with E-state index >= 15 is 0 Å². The largest absolute Gasteiger partial charge is 0.320 e. The van der Waals surface area contributed by atoms with Crippen LogP contribution in [0, 0.1) is 0 Å². The molecule has 0 atom stereocenters. The summed E-state index contributed by atoms with van der Waals surface area (Å²) >= 11 is 0. The van der Waals surface area contributed by atoms with Gasteiger partial charge in [-0.15, -0.1) is 0 Å². The number of hydrogen-bond donors (Lipinski definition) is 1. The van der Waals surface area contributed by atoms with Crippen LogP contribution in [0.3, 0.4) is 0 Å². The minimum absolute atomic E-state index is 0.112. The van der Waals surface area contributed by atoms with Gasteiger partial charge < -0.3 is 10.2 Å². The normalized spacial score (nSPS) is 11.5. The van der Waals surface area contributed by atoms with E-state index in [9.17, 15) is 8.78 Å². The summed E-state index contributed by atoms with van der Waals surface area (Å²) in [5.41, 5.74) is 0. The van der Waals surface area contributed by atoms with E-state index in [2.05, 4.69) is 5.32 Å². The van der Waals surface area contributed by atoms with Gasteiger partial charge in [0, 0.05) is 0 Å². The molecule has 0 aromatic carbocycles. The lowest BCUT2D eigenvalue weighted by atomic mass is 10.3. The summed E-state index contributed by atoms with van der Waals surface area (Å²) in [5, 5.41) is 3.02. The first-order valence-corrected chi connectivity index (χ1v) is 4.28. The highest BCUT2D eigenvalue weighted by atomic mass is 19.3. The van der Waals surface area contributed by atoms with Gasteiger partial charge in [-0.05, 0) is 40.0 Å². The third-order valence-electron chi connectivity index (χ3n) is 1.67. The number of alkyl halides is 2. The summed E-state index contributed by atoms with van der Waals surface area (Å²) in [6.07, 6.45) is -0.187. The Kier molecular flexibility index (Phi) is 7.29. The summed E-state index contributed by atoms with van der Waals surface area (Å²) in [4.78, 5) is 1.67. The molecule has 0 aromatic heterocycles. The summed E-state index contributed by atoms with van der Waals surface area (Å²) in [5.74, 6) is 0. The van der Waals surface area contributed by atoms with Crippen molar-refractivity contribution in [2.45, 2.75) is 19.3 Å². The molecule has 0 aromatic rings. The van der Waals surface area contributed by atoms with Crippen LogP contribution < -0.4 is 5.32 Å². The highest BCUT2D eigenvalue weighted by Gasteiger charge is 2.06. The Balaban J connectivity index is 3.14. The Labute approximate surface area is 72.9 Å². The maximum Gasteiger partial charge on any atom is 0.251 e. The second kappa shape index (κ2) is 7.43. The van der Waals surface area contributed by atoms with Crippen molar-refractivity contribution in [2.75, 3.05) is 33.7 Å². The number of nitrogens with one attached hydrogen (secondary N) is 1. The third-order valence-corrected chi connectivity index (χ3v) is 1.67. The molecule has 0 saturated heterocycles. The van der Waals surface area contributed by atoms with Crippen LogP contribution in [-0.2, 0) is 0 Å². The molecule has 0 saturated carbocycles. The van der Waals surface area contributed by atoms with E-state index < -0.39 is 6.43 Å². The zero-order chi connectivity index (χ0) is 9.40. The average Bonchev–Trinajstić information content (AvgIpc) is 1.97. The first kappa shape index (κ1) is 11.8. The second-order valence-electron chi connectivity index (χ2n) is 2.96. The molecule has 0 heterocycles. The van der Waals surface area contributed by atoms with Crippen molar-refractivity contribution in [1.82, 2.24) is 10.2 Å². The van der Waals surface area contributed by atoms with E-state index in [-0.39, 0.29) is 6.54 Å². The van der Waals surface area contributed by atoms with Crippen molar-refractivity contribution >= 4 is 0 Å². The summed E-state index contributed by atoms with van der Waals surface area (Å²) in [7, 11) is 3.62. The number of nitrogens with zero attached hydrogens (tertiary/aromatic N) is 1. The van der Waals surface area contributed by atoms with Crippen molar-refractivity contribution in [1.29, 1.82) is 0 Å². The fourth-order valence-electron chi connectivity index (χ4n) is 1.01. The lowest BCUT2D eigenvalue weighted by molar-refractivity contribution is 0.0996. The Hall–Kier alpha value is -0.220. The molecule has 1 N–H and O–H groups in total. The van der Waals surface area contributed by atoms with Gasteiger partial charge in [-0.2, -0.15) is 0 Å². The molecule has 0 amide bonds. The predicted octanol–water partition coefficient (Wildman–Crippen LogP) is 1.18. The number of hydrogen-bond acceptors (Lipinski definition) is 2. The van der Waals surface area contributed by atoms with Gasteiger partial charge in [0.25, 0.3) is 6.43 Å². The monoisotopic (exact) mass is 180 g/mol. The smallest absolute Gasteiger partial charge is 0.251 e. The molecule has 74 valence electrons. The molecule has 12 heavy (non-hydrogen) atoms. The topological polar surface area (TPSA) is 15.3 Å². The van der Waals surface area contributed by atoms with Crippen LogP contribution >= 0.6 is 0 Å². The SMILES string of the molecule is CNCCCCN(C)CC(F)F. The molecule has 0 radical (unpaired) electrons. The van der Waals surface area contributed by atoms with Gasteiger partial charge in [0.1, 0.15) is 0 Å². The second-order valence-corrected chi connectivity index (χ2v) is 2.96. The molecule has 0 bridgehead atoms. The lowest BCUT2D eigenvalue weighted by Gasteiger charge is -2.15. The van der Waals surface area contributed by atoms with E-state index in [0.717, 1.165) is 25.9 Å².